The third kappa shape index (κ3) is 3.12. The van der Waals surface area contributed by atoms with Crippen LogP contribution < -0.4 is 15.8 Å². The number of hydrogen-bond acceptors (Lipinski definition) is 4. The summed E-state index contributed by atoms with van der Waals surface area (Å²) in [6.45, 7) is 8.22. The van der Waals surface area contributed by atoms with E-state index in [1.807, 2.05) is 23.7 Å². The van der Waals surface area contributed by atoms with E-state index in [0.29, 0.717) is 5.69 Å². The summed E-state index contributed by atoms with van der Waals surface area (Å²) in [5.74, 6) is 1.74. The van der Waals surface area contributed by atoms with Crippen molar-refractivity contribution in [3.8, 4) is 5.75 Å². The molecule has 5 nitrogen and oxygen atoms in total. The number of nitrogens with two attached hydrogens (primary N) is 1. The molecule has 1 heterocycles. The summed E-state index contributed by atoms with van der Waals surface area (Å²) in [6, 6.07) is 8.41. The summed E-state index contributed by atoms with van der Waals surface area (Å²) in [5, 5.41) is 7.96. The lowest BCUT2D eigenvalue weighted by atomic mass is 10.1. The van der Waals surface area contributed by atoms with Gasteiger partial charge in [0.15, 0.2) is 0 Å². The van der Waals surface area contributed by atoms with Gasteiger partial charge in [-0.3, -0.25) is 0 Å². The van der Waals surface area contributed by atoms with Crippen LogP contribution in [0.5, 0.6) is 5.75 Å². The third-order valence-electron chi connectivity index (χ3n) is 3.59. The Morgan fingerprint density at radius 1 is 1.19 bits per heavy atom. The molecule has 1 atom stereocenters. The van der Waals surface area contributed by atoms with Crippen LogP contribution in [0, 0.1) is 6.92 Å². The molecule has 5 heteroatoms. The molecule has 1 aromatic heterocycles. The van der Waals surface area contributed by atoms with Crippen LogP contribution in [0.15, 0.2) is 24.3 Å². The summed E-state index contributed by atoms with van der Waals surface area (Å²) in [4.78, 5) is 0. The maximum absolute atomic E-state index is 6.15. The second-order valence-electron chi connectivity index (χ2n) is 5.53. The Labute approximate surface area is 126 Å². The zero-order valence-electron chi connectivity index (χ0n) is 13.3. The van der Waals surface area contributed by atoms with Crippen molar-refractivity contribution in [1.82, 2.24) is 9.78 Å². The number of methoxy groups -OCH3 is 1. The molecule has 0 spiro atoms. The van der Waals surface area contributed by atoms with E-state index in [2.05, 4.69) is 43.3 Å². The second-order valence-corrected chi connectivity index (χ2v) is 5.53. The van der Waals surface area contributed by atoms with E-state index in [9.17, 15) is 0 Å². The molecular formula is C16H24N4O. The number of hydrogen-bond donors (Lipinski definition) is 2. The third-order valence-corrected chi connectivity index (χ3v) is 3.59. The van der Waals surface area contributed by atoms with E-state index < -0.39 is 0 Å². The second kappa shape index (κ2) is 6.08. The SMILES string of the molecule is COc1ccc(C(C)Nc2c(N)c(C)nn2C(C)C)cc1. The molecule has 0 saturated heterocycles. The number of ether oxygens (including phenoxy) is 1. The van der Waals surface area contributed by atoms with Crippen LogP contribution in [0.25, 0.3) is 0 Å². The van der Waals surface area contributed by atoms with Crippen molar-refractivity contribution in [1.29, 1.82) is 0 Å². The minimum atomic E-state index is 0.131. The molecule has 0 aliphatic rings. The van der Waals surface area contributed by atoms with E-state index in [4.69, 9.17) is 10.5 Å². The summed E-state index contributed by atoms with van der Waals surface area (Å²) in [5.41, 5.74) is 8.88. The first kappa shape index (κ1) is 15.2. The molecule has 0 fully saturated rings. The molecule has 1 unspecified atom stereocenters. The van der Waals surface area contributed by atoms with Gasteiger partial charge in [-0.1, -0.05) is 12.1 Å². The van der Waals surface area contributed by atoms with Crippen LogP contribution in [0.1, 0.15) is 44.1 Å². The molecule has 21 heavy (non-hydrogen) atoms. The molecule has 0 bridgehead atoms. The highest BCUT2D eigenvalue weighted by molar-refractivity contribution is 5.65. The standard InChI is InChI=1S/C16H24N4O/c1-10(2)20-16(15(17)12(4)19-20)18-11(3)13-6-8-14(21-5)9-7-13/h6-11,18H,17H2,1-5H3. The average Bonchev–Trinajstić information content (AvgIpc) is 2.76. The van der Waals surface area contributed by atoms with Crippen LogP contribution in [-0.2, 0) is 0 Å². The topological polar surface area (TPSA) is 65.1 Å². The molecule has 2 rings (SSSR count). The van der Waals surface area contributed by atoms with Gasteiger partial charge in [0.2, 0.25) is 0 Å². The molecule has 2 aromatic rings. The van der Waals surface area contributed by atoms with E-state index in [0.717, 1.165) is 17.3 Å². The largest absolute Gasteiger partial charge is 0.497 e. The lowest BCUT2D eigenvalue weighted by Crippen LogP contribution is -2.14. The number of nitrogens with one attached hydrogen (secondary N) is 1. The normalized spacial score (nSPS) is 12.5. The van der Waals surface area contributed by atoms with Gasteiger partial charge in [-0.2, -0.15) is 5.10 Å². The molecule has 0 amide bonds. The number of rotatable bonds is 5. The molecular weight excluding hydrogens is 264 g/mol. The van der Waals surface area contributed by atoms with E-state index in [-0.39, 0.29) is 12.1 Å². The van der Waals surface area contributed by atoms with Gasteiger partial charge in [-0.15, -0.1) is 0 Å². The number of aromatic nitrogens is 2. The Kier molecular flexibility index (Phi) is 4.40. The van der Waals surface area contributed by atoms with Crippen LogP contribution in [0.4, 0.5) is 11.5 Å². The maximum Gasteiger partial charge on any atom is 0.148 e. The quantitative estimate of drug-likeness (QED) is 0.883. The number of nitrogen functional groups attached to an aromatic ring is 1. The summed E-state index contributed by atoms with van der Waals surface area (Å²) in [6.07, 6.45) is 0. The molecule has 0 saturated carbocycles. The Hall–Kier alpha value is -2.17. The summed E-state index contributed by atoms with van der Waals surface area (Å²) in [7, 11) is 1.67. The van der Waals surface area contributed by atoms with Crippen LogP contribution in [0.2, 0.25) is 0 Å². The Morgan fingerprint density at radius 3 is 2.33 bits per heavy atom. The van der Waals surface area contributed by atoms with Gasteiger partial charge in [0.05, 0.1) is 24.5 Å². The average molecular weight is 288 g/mol. The van der Waals surface area contributed by atoms with Gasteiger partial charge in [-0.05, 0) is 45.4 Å². The summed E-state index contributed by atoms with van der Waals surface area (Å²) >= 11 is 0. The highest BCUT2D eigenvalue weighted by atomic mass is 16.5. The lowest BCUT2D eigenvalue weighted by molar-refractivity contribution is 0.414. The predicted molar refractivity (Wildman–Crippen MR) is 86.8 cm³/mol. The zero-order valence-corrected chi connectivity index (χ0v) is 13.3. The Morgan fingerprint density at radius 2 is 1.81 bits per heavy atom. The van der Waals surface area contributed by atoms with Gasteiger partial charge in [0, 0.05) is 6.04 Å². The first-order valence-electron chi connectivity index (χ1n) is 7.19. The first-order valence-corrected chi connectivity index (χ1v) is 7.19. The Balaban J connectivity index is 2.24. The van der Waals surface area contributed by atoms with E-state index >= 15 is 0 Å². The maximum atomic E-state index is 6.15. The fourth-order valence-corrected chi connectivity index (χ4v) is 2.26. The van der Waals surface area contributed by atoms with Crippen molar-refractivity contribution >= 4 is 11.5 Å². The minimum absolute atomic E-state index is 0.131. The number of nitrogens with zero attached hydrogens (tertiary/aromatic N) is 2. The van der Waals surface area contributed by atoms with Crippen LogP contribution in [-0.4, -0.2) is 16.9 Å². The molecule has 1 aromatic carbocycles. The lowest BCUT2D eigenvalue weighted by Gasteiger charge is -2.19. The van der Waals surface area contributed by atoms with Crippen molar-refractivity contribution in [3.05, 3.63) is 35.5 Å². The van der Waals surface area contributed by atoms with Gasteiger partial charge >= 0.3 is 0 Å². The first-order chi connectivity index (χ1) is 9.93. The smallest absolute Gasteiger partial charge is 0.148 e. The number of aryl methyl sites for hydroxylation is 1. The highest BCUT2D eigenvalue weighted by Crippen LogP contribution is 2.29. The van der Waals surface area contributed by atoms with Gasteiger partial charge in [0.25, 0.3) is 0 Å². The van der Waals surface area contributed by atoms with Crippen molar-refractivity contribution in [2.24, 2.45) is 0 Å². The van der Waals surface area contributed by atoms with Crippen molar-refractivity contribution in [2.45, 2.75) is 39.8 Å². The van der Waals surface area contributed by atoms with Crippen molar-refractivity contribution in [2.75, 3.05) is 18.2 Å². The zero-order chi connectivity index (χ0) is 15.6. The molecule has 0 aliphatic heterocycles. The fraction of sp³-hybridized carbons (Fsp3) is 0.438. The highest BCUT2D eigenvalue weighted by Gasteiger charge is 2.17. The number of benzene rings is 1. The number of anilines is 2. The van der Waals surface area contributed by atoms with Gasteiger partial charge in [0.1, 0.15) is 11.6 Å². The summed E-state index contributed by atoms with van der Waals surface area (Å²) < 4.78 is 7.12. The fourth-order valence-electron chi connectivity index (χ4n) is 2.26. The van der Waals surface area contributed by atoms with Gasteiger partial charge in [-0.25, -0.2) is 4.68 Å². The van der Waals surface area contributed by atoms with Crippen molar-refractivity contribution in [3.63, 3.8) is 0 Å². The molecule has 114 valence electrons. The van der Waals surface area contributed by atoms with E-state index in [1.165, 1.54) is 5.56 Å². The van der Waals surface area contributed by atoms with Crippen molar-refractivity contribution < 1.29 is 4.74 Å². The molecule has 0 radical (unpaired) electrons. The van der Waals surface area contributed by atoms with E-state index in [1.54, 1.807) is 7.11 Å². The van der Waals surface area contributed by atoms with Crippen LogP contribution >= 0.6 is 0 Å². The monoisotopic (exact) mass is 288 g/mol. The molecule has 3 N–H and O–H groups in total. The predicted octanol–water partition coefficient (Wildman–Crippen LogP) is 3.54. The van der Waals surface area contributed by atoms with Crippen LogP contribution in [0.3, 0.4) is 0 Å². The minimum Gasteiger partial charge on any atom is -0.497 e. The Bertz CT molecular complexity index is 601. The molecule has 0 aliphatic carbocycles. The van der Waals surface area contributed by atoms with Gasteiger partial charge < -0.3 is 15.8 Å².